The molecule has 0 amide bonds. The summed E-state index contributed by atoms with van der Waals surface area (Å²) in [7, 11) is -3.73. The Bertz CT molecular complexity index is 1270. The molecule has 2 N–H and O–H groups in total. The molecule has 174 valence electrons. The monoisotopic (exact) mass is 561 g/mol. The maximum absolute atomic E-state index is 12.9. The van der Waals surface area contributed by atoms with Crippen molar-refractivity contribution in [2.24, 2.45) is 0 Å². The van der Waals surface area contributed by atoms with Crippen LogP contribution in [0, 0.1) is 11.3 Å². The minimum absolute atomic E-state index is 0.0129. The Morgan fingerprint density at radius 3 is 2.45 bits per heavy atom. The lowest BCUT2D eigenvalue weighted by atomic mass is 10.2. The molecular formula is C19H15BrF3N5O3S2. The number of thiazole rings is 1. The lowest BCUT2D eigenvalue weighted by Crippen LogP contribution is -2.27. The molecule has 0 aliphatic rings. The van der Waals surface area contributed by atoms with Gasteiger partial charge in [-0.25, -0.2) is 13.4 Å². The highest BCUT2D eigenvalue weighted by atomic mass is 79.9. The Hall–Kier alpha value is -2.57. The summed E-state index contributed by atoms with van der Waals surface area (Å²) in [5.41, 5.74) is 0.383. The second-order valence-corrected chi connectivity index (χ2v) is 10.8. The third-order valence-corrected chi connectivity index (χ3v) is 6.62. The lowest BCUT2D eigenvalue weighted by molar-refractivity contribution is -0.137. The number of benzene rings is 1. The van der Waals surface area contributed by atoms with Crippen molar-refractivity contribution in [2.45, 2.75) is 18.9 Å². The molecular weight excluding hydrogens is 547 g/mol. The van der Waals surface area contributed by atoms with Gasteiger partial charge in [0.2, 0.25) is 10.0 Å². The first-order valence-electron chi connectivity index (χ1n) is 8.99. The first-order chi connectivity index (χ1) is 15.4. The van der Waals surface area contributed by atoms with Crippen LogP contribution < -0.4 is 9.62 Å². The number of hydrogen-bond acceptors (Lipinski definition) is 8. The predicted octanol–water partition coefficient (Wildman–Crippen LogP) is 4.07. The van der Waals surface area contributed by atoms with Crippen LogP contribution in [-0.2, 0) is 22.7 Å². The van der Waals surface area contributed by atoms with E-state index in [0.29, 0.717) is 25.9 Å². The van der Waals surface area contributed by atoms with E-state index < -0.39 is 28.0 Å². The van der Waals surface area contributed by atoms with Crippen LogP contribution in [0.1, 0.15) is 28.7 Å². The van der Waals surface area contributed by atoms with E-state index in [1.165, 1.54) is 6.07 Å². The molecule has 1 atom stereocenters. The number of anilines is 2. The summed E-state index contributed by atoms with van der Waals surface area (Å²) in [4.78, 5) is 9.82. The smallest absolute Gasteiger partial charge is 0.372 e. The molecule has 0 fully saturated rings. The van der Waals surface area contributed by atoms with Crippen LogP contribution in [0.25, 0.3) is 0 Å². The van der Waals surface area contributed by atoms with E-state index in [2.05, 4.69) is 25.9 Å². The summed E-state index contributed by atoms with van der Waals surface area (Å²) in [5.74, 6) is 0. The van der Waals surface area contributed by atoms with Crippen LogP contribution >= 0.6 is 27.3 Å². The van der Waals surface area contributed by atoms with Crippen molar-refractivity contribution in [1.82, 2.24) is 14.7 Å². The number of sulfonamides is 1. The standard InChI is InChI=1S/C19H15BrF3N5O3S2/c1-33(30,31)27-17(29)15-16(20)32-18(26-15)28(14-6-2-11(8-24)3-7-14)10-13-5-4-12(9-25-13)19(21,22)23/h2-7,9,17,27,29H,10H2,1H3. The molecule has 3 aromatic rings. The number of halogens is 4. The van der Waals surface area contributed by atoms with Crippen molar-refractivity contribution >= 4 is 48.1 Å². The van der Waals surface area contributed by atoms with E-state index >= 15 is 0 Å². The summed E-state index contributed by atoms with van der Waals surface area (Å²) in [6, 6.07) is 10.5. The zero-order chi connectivity index (χ0) is 24.4. The van der Waals surface area contributed by atoms with Gasteiger partial charge in [0.15, 0.2) is 11.4 Å². The molecule has 0 aliphatic heterocycles. The molecule has 1 aromatic carbocycles. The van der Waals surface area contributed by atoms with E-state index in [4.69, 9.17) is 5.26 Å². The lowest BCUT2D eigenvalue weighted by Gasteiger charge is -2.22. The molecule has 2 heterocycles. The second kappa shape index (κ2) is 9.74. The number of aliphatic hydroxyl groups excluding tert-OH is 1. The van der Waals surface area contributed by atoms with Crippen molar-refractivity contribution in [2.75, 3.05) is 11.2 Å². The highest BCUT2D eigenvalue weighted by Gasteiger charge is 2.31. The van der Waals surface area contributed by atoms with Crippen molar-refractivity contribution in [3.63, 3.8) is 0 Å². The van der Waals surface area contributed by atoms with E-state index in [9.17, 15) is 26.7 Å². The summed E-state index contributed by atoms with van der Waals surface area (Å²) in [6.07, 6.45) is -4.52. The number of hydrogen-bond donors (Lipinski definition) is 2. The molecule has 2 aromatic heterocycles. The summed E-state index contributed by atoms with van der Waals surface area (Å²) in [6.45, 7) is 0.0129. The average molecular weight is 562 g/mol. The molecule has 0 aliphatic carbocycles. The maximum Gasteiger partial charge on any atom is 0.417 e. The van der Waals surface area contributed by atoms with Gasteiger partial charge in [0.1, 0.15) is 5.69 Å². The highest BCUT2D eigenvalue weighted by molar-refractivity contribution is 9.11. The Morgan fingerprint density at radius 1 is 1.27 bits per heavy atom. The van der Waals surface area contributed by atoms with Gasteiger partial charge in [-0.15, -0.1) is 0 Å². The summed E-state index contributed by atoms with van der Waals surface area (Å²) in [5, 5.41) is 19.6. The number of nitrogens with one attached hydrogen (secondary N) is 1. The fourth-order valence-electron chi connectivity index (χ4n) is 2.68. The second-order valence-electron chi connectivity index (χ2n) is 6.73. The minimum Gasteiger partial charge on any atom is -0.372 e. The first-order valence-corrected chi connectivity index (χ1v) is 12.5. The van der Waals surface area contributed by atoms with E-state index in [1.54, 1.807) is 29.2 Å². The fraction of sp³-hybridized carbons (Fsp3) is 0.211. The Balaban J connectivity index is 1.99. The molecule has 14 heteroatoms. The molecule has 0 radical (unpaired) electrons. The summed E-state index contributed by atoms with van der Waals surface area (Å²) >= 11 is 4.33. The normalized spacial score (nSPS) is 12.9. The number of nitriles is 1. The van der Waals surface area contributed by atoms with Gasteiger partial charge in [-0.1, -0.05) is 11.3 Å². The molecule has 33 heavy (non-hydrogen) atoms. The largest absolute Gasteiger partial charge is 0.417 e. The number of rotatable bonds is 7. The van der Waals surface area contributed by atoms with Crippen molar-refractivity contribution in [3.05, 3.63) is 68.9 Å². The van der Waals surface area contributed by atoms with Crippen LogP contribution in [0.4, 0.5) is 24.0 Å². The number of aliphatic hydroxyl groups is 1. The first kappa shape index (κ1) is 25.1. The minimum atomic E-state index is -4.52. The molecule has 0 saturated carbocycles. The molecule has 0 spiro atoms. The summed E-state index contributed by atoms with van der Waals surface area (Å²) < 4.78 is 63.9. The van der Waals surface area contributed by atoms with Crippen molar-refractivity contribution in [3.8, 4) is 6.07 Å². The molecule has 1 unspecified atom stereocenters. The zero-order valence-corrected chi connectivity index (χ0v) is 19.9. The number of aromatic nitrogens is 2. The van der Waals surface area contributed by atoms with Crippen LogP contribution in [0.5, 0.6) is 0 Å². The van der Waals surface area contributed by atoms with Gasteiger partial charge in [0.25, 0.3) is 0 Å². The van der Waals surface area contributed by atoms with Gasteiger partial charge in [0, 0.05) is 11.9 Å². The van der Waals surface area contributed by atoms with E-state index in [-0.39, 0.29) is 12.2 Å². The van der Waals surface area contributed by atoms with Crippen LogP contribution in [0.15, 0.2) is 46.4 Å². The third-order valence-electron chi connectivity index (χ3n) is 4.19. The SMILES string of the molecule is CS(=O)(=O)NC(O)c1nc(N(Cc2ccc(C(F)(F)F)cn2)c2ccc(C#N)cc2)sc1Br. The Kier molecular flexibility index (Phi) is 7.39. The molecule has 8 nitrogen and oxygen atoms in total. The topological polar surface area (TPSA) is 119 Å². The highest BCUT2D eigenvalue weighted by Crippen LogP contribution is 2.38. The maximum atomic E-state index is 12.9. The van der Waals surface area contributed by atoms with Crippen LogP contribution in [0.2, 0.25) is 0 Å². The molecule has 3 rings (SSSR count). The van der Waals surface area contributed by atoms with Gasteiger partial charge >= 0.3 is 6.18 Å². The number of alkyl halides is 3. The third kappa shape index (κ3) is 6.49. The fourth-order valence-corrected chi connectivity index (χ4v) is 4.78. The number of pyridine rings is 1. The van der Waals surface area contributed by atoms with Gasteiger partial charge in [0.05, 0.1) is 39.5 Å². The van der Waals surface area contributed by atoms with Crippen molar-refractivity contribution in [1.29, 1.82) is 5.26 Å². The Labute approximate surface area is 199 Å². The van der Waals surface area contributed by atoms with Crippen LogP contribution in [-0.4, -0.2) is 29.7 Å². The van der Waals surface area contributed by atoms with E-state index in [0.717, 1.165) is 29.9 Å². The predicted molar refractivity (Wildman–Crippen MR) is 119 cm³/mol. The molecule has 0 bridgehead atoms. The van der Waals surface area contributed by atoms with E-state index in [1.807, 2.05) is 10.8 Å². The van der Waals surface area contributed by atoms with Crippen LogP contribution in [0.3, 0.4) is 0 Å². The Morgan fingerprint density at radius 2 is 1.94 bits per heavy atom. The number of nitrogens with zero attached hydrogens (tertiary/aromatic N) is 4. The van der Waals surface area contributed by atoms with Gasteiger partial charge in [-0.05, 0) is 52.3 Å². The van der Waals surface area contributed by atoms with Gasteiger partial charge in [-0.2, -0.15) is 23.2 Å². The quantitative estimate of drug-likeness (QED) is 0.417. The van der Waals surface area contributed by atoms with Gasteiger partial charge in [-0.3, -0.25) is 4.98 Å². The zero-order valence-electron chi connectivity index (χ0n) is 16.7. The van der Waals surface area contributed by atoms with Gasteiger partial charge < -0.3 is 10.0 Å². The molecule has 0 saturated heterocycles. The van der Waals surface area contributed by atoms with Crippen molar-refractivity contribution < 1.29 is 26.7 Å². The average Bonchev–Trinajstić information content (AvgIpc) is 3.12.